The Morgan fingerprint density at radius 2 is 1.86 bits per heavy atom. The first-order valence-corrected chi connectivity index (χ1v) is 5.22. The largest absolute Gasteiger partial charge is 0.372 e. The van der Waals surface area contributed by atoms with Gasteiger partial charge in [-0.15, -0.1) is 0 Å². The molecule has 0 saturated heterocycles. The molecule has 1 atom stereocenters. The molecule has 78 valence electrons. The standard InChI is InChI=1S/C12H19NO/c1-3-10-5-7-11(8-6-10)12(9-13)14-4-2/h5-8,12H,3-4,9,13H2,1-2H3/t12-/m0/s1. The average molecular weight is 193 g/mol. The highest BCUT2D eigenvalue weighted by molar-refractivity contribution is 5.24. The van der Waals surface area contributed by atoms with Crippen LogP contribution in [0.15, 0.2) is 24.3 Å². The summed E-state index contributed by atoms with van der Waals surface area (Å²) in [6.45, 7) is 5.39. The van der Waals surface area contributed by atoms with Crippen molar-refractivity contribution in [2.75, 3.05) is 13.2 Å². The number of rotatable bonds is 5. The van der Waals surface area contributed by atoms with Gasteiger partial charge >= 0.3 is 0 Å². The zero-order valence-corrected chi connectivity index (χ0v) is 8.99. The Bertz CT molecular complexity index is 256. The summed E-state index contributed by atoms with van der Waals surface area (Å²) in [6.07, 6.45) is 1.12. The van der Waals surface area contributed by atoms with Gasteiger partial charge in [-0.1, -0.05) is 31.2 Å². The lowest BCUT2D eigenvalue weighted by Crippen LogP contribution is -2.15. The maximum Gasteiger partial charge on any atom is 0.0946 e. The van der Waals surface area contributed by atoms with E-state index in [2.05, 4.69) is 31.2 Å². The Kier molecular flexibility index (Phi) is 4.63. The molecular formula is C12H19NO. The lowest BCUT2D eigenvalue weighted by Gasteiger charge is -2.15. The highest BCUT2D eigenvalue weighted by Crippen LogP contribution is 2.16. The normalized spacial score (nSPS) is 12.8. The fourth-order valence-corrected chi connectivity index (χ4v) is 1.47. The second-order valence-corrected chi connectivity index (χ2v) is 3.27. The van der Waals surface area contributed by atoms with Crippen molar-refractivity contribution >= 4 is 0 Å². The minimum atomic E-state index is 0.0471. The van der Waals surface area contributed by atoms with E-state index in [1.54, 1.807) is 0 Å². The van der Waals surface area contributed by atoms with E-state index in [1.165, 1.54) is 11.1 Å². The van der Waals surface area contributed by atoms with Gasteiger partial charge < -0.3 is 10.5 Å². The molecule has 0 spiro atoms. The van der Waals surface area contributed by atoms with Crippen molar-refractivity contribution in [1.82, 2.24) is 0 Å². The molecule has 2 heteroatoms. The van der Waals surface area contributed by atoms with Crippen LogP contribution in [0.3, 0.4) is 0 Å². The zero-order chi connectivity index (χ0) is 10.4. The minimum Gasteiger partial charge on any atom is -0.372 e. The predicted molar refractivity (Wildman–Crippen MR) is 59.2 cm³/mol. The Morgan fingerprint density at radius 1 is 1.21 bits per heavy atom. The lowest BCUT2D eigenvalue weighted by atomic mass is 10.1. The van der Waals surface area contributed by atoms with Crippen LogP contribution in [0.2, 0.25) is 0 Å². The van der Waals surface area contributed by atoms with Crippen molar-refractivity contribution in [3.63, 3.8) is 0 Å². The van der Waals surface area contributed by atoms with Crippen molar-refractivity contribution < 1.29 is 4.74 Å². The minimum absolute atomic E-state index is 0.0471. The first kappa shape index (κ1) is 11.2. The summed E-state index contributed by atoms with van der Waals surface area (Å²) in [5.74, 6) is 0. The summed E-state index contributed by atoms with van der Waals surface area (Å²) in [7, 11) is 0. The van der Waals surface area contributed by atoms with Gasteiger partial charge in [-0.2, -0.15) is 0 Å². The van der Waals surface area contributed by atoms with Crippen LogP contribution < -0.4 is 5.73 Å². The summed E-state index contributed by atoms with van der Waals surface area (Å²) in [4.78, 5) is 0. The maximum absolute atomic E-state index is 5.64. The number of ether oxygens (including phenoxy) is 1. The van der Waals surface area contributed by atoms with Crippen molar-refractivity contribution in [1.29, 1.82) is 0 Å². The molecule has 0 heterocycles. The highest BCUT2D eigenvalue weighted by atomic mass is 16.5. The third-order valence-electron chi connectivity index (χ3n) is 2.34. The molecule has 14 heavy (non-hydrogen) atoms. The molecule has 0 radical (unpaired) electrons. The van der Waals surface area contributed by atoms with Gasteiger partial charge in [0.2, 0.25) is 0 Å². The summed E-state index contributed by atoms with van der Waals surface area (Å²) in [5.41, 5.74) is 8.16. The van der Waals surface area contributed by atoms with Crippen LogP contribution in [0.1, 0.15) is 31.1 Å². The summed E-state index contributed by atoms with van der Waals surface area (Å²) in [5, 5.41) is 0. The molecule has 2 nitrogen and oxygen atoms in total. The molecule has 0 saturated carbocycles. The molecule has 0 amide bonds. The van der Waals surface area contributed by atoms with E-state index in [9.17, 15) is 0 Å². The van der Waals surface area contributed by atoms with E-state index in [-0.39, 0.29) is 6.10 Å². The summed E-state index contributed by atoms with van der Waals surface area (Å²) < 4.78 is 5.53. The van der Waals surface area contributed by atoms with Crippen LogP contribution in [0.5, 0.6) is 0 Å². The van der Waals surface area contributed by atoms with Crippen LogP contribution in [0.4, 0.5) is 0 Å². The number of hydrogen-bond acceptors (Lipinski definition) is 2. The first-order valence-electron chi connectivity index (χ1n) is 5.22. The topological polar surface area (TPSA) is 35.2 Å². The van der Waals surface area contributed by atoms with Crippen LogP contribution in [0, 0.1) is 0 Å². The number of hydrogen-bond donors (Lipinski definition) is 1. The van der Waals surface area contributed by atoms with Gasteiger partial charge in [0.05, 0.1) is 6.10 Å². The van der Waals surface area contributed by atoms with E-state index >= 15 is 0 Å². The molecule has 0 aliphatic rings. The van der Waals surface area contributed by atoms with Crippen LogP contribution >= 0.6 is 0 Å². The van der Waals surface area contributed by atoms with Crippen LogP contribution in [0.25, 0.3) is 0 Å². The molecule has 0 aliphatic carbocycles. The quantitative estimate of drug-likeness (QED) is 0.778. The first-order chi connectivity index (χ1) is 6.81. The third-order valence-corrected chi connectivity index (χ3v) is 2.34. The van der Waals surface area contributed by atoms with Crippen molar-refractivity contribution in [2.24, 2.45) is 5.73 Å². The van der Waals surface area contributed by atoms with Crippen LogP contribution in [-0.4, -0.2) is 13.2 Å². The zero-order valence-electron chi connectivity index (χ0n) is 8.99. The molecule has 0 bridgehead atoms. The van der Waals surface area contributed by atoms with E-state index in [4.69, 9.17) is 10.5 Å². The van der Waals surface area contributed by atoms with Gasteiger partial charge in [-0.3, -0.25) is 0 Å². The molecule has 1 aromatic rings. The molecule has 0 aromatic heterocycles. The number of nitrogens with two attached hydrogens (primary N) is 1. The Balaban J connectivity index is 2.73. The second-order valence-electron chi connectivity index (χ2n) is 3.27. The van der Waals surface area contributed by atoms with E-state index in [0.717, 1.165) is 6.42 Å². The Morgan fingerprint density at radius 3 is 2.29 bits per heavy atom. The van der Waals surface area contributed by atoms with Crippen LogP contribution in [-0.2, 0) is 11.2 Å². The monoisotopic (exact) mass is 193 g/mol. The molecule has 2 N–H and O–H groups in total. The van der Waals surface area contributed by atoms with Crippen molar-refractivity contribution in [3.8, 4) is 0 Å². The van der Waals surface area contributed by atoms with Gasteiger partial charge in [-0.25, -0.2) is 0 Å². The van der Waals surface area contributed by atoms with Gasteiger partial charge in [0, 0.05) is 13.2 Å². The average Bonchev–Trinajstić information content (AvgIpc) is 2.26. The van der Waals surface area contributed by atoms with E-state index in [0.29, 0.717) is 13.2 Å². The van der Waals surface area contributed by atoms with E-state index in [1.807, 2.05) is 6.92 Å². The molecular weight excluding hydrogens is 174 g/mol. The Labute approximate surface area is 86.1 Å². The smallest absolute Gasteiger partial charge is 0.0946 e. The fourth-order valence-electron chi connectivity index (χ4n) is 1.47. The summed E-state index contributed by atoms with van der Waals surface area (Å²) in [6, 6.07) is 8.48. The fraction of sp³-hybridized carbons (Fsp3) is 0.500. The summed E-state index contributed by atoms with van der Waals surface area (Å²) >= 11 is 0. The predicted octanol–water partition coefficient (Wildman–Crippen LogP) is 2.29. The number of aryl methyl sites for hydroxylation is 1. The van der Waals surface area contributed by atoms with E-state index < -0.39 is 0 Å². The number of benzene rings is 1. The SMILES string of the molecule is CCO[C@@H](CN)c1ccc(CC)cc1. The maximum atomic E-state index is 5.64. The third kappa shape index (κ3) is 2.82. The van der Waals surface area contributed by atoms with Gasteiger partial charge in [-0.05, 0) is 24.5 Å². The van der Waals surface area contributed by atoms with Gasteiger partial charge in [0.25, 0.3) is 0 Å². The molecule has 1 rings (SSSR count). The van der Waals surface area contributed by atoms with Crippen molar-refractivity contribution in [3.05, 3.63) is 35.4 Å². The molecule has 0 aliphatic heterocycles. The molecule has 1 aromatic carbocycles. The van der Waals surface area contributed by atoms with Gasteiger partial charge in [0.1, 0.15) is 0 Å². The highest BCUT2D eigenvalue weighted by Gasteiger charge is 2.08. The molecule has 0 fully saturated rings. The van der Waals surface area contributed by atoms with Crippen molar-refractivity contribution in [2.45, 2.75) is 26.4 Å². The Hall–Kier alpha value is -0.860. The lowest BCUT2D eigenvalue weighted by molar-refractivity contribution is 0.0688. The second kappa shape index (κ2) is 5.78. The van der Waals surface area contributed by atoms with Gasteiger partial charge in [0.15, 0.2) is 0 Å². The molecule has 0 unspecified atom stereocenters.